The number of amides is 3. The molecule has 0 bridgehead atoms. The van der Waals surface area contributed by atoms with Crippen LogP contribution in [-0.4, -0.2) is 43.5 Å². The molecule has 2 rings (SSSR count). The number of urea groups is 1. The zero-order valence-electron chi connectivity index (χ0n) is 19.0. The molecule has 0 aromatic heterocycles. The molecule has 1 aromatic rings. The highest BCUT2D eigenvalue weighted by atomic mass is 16.2. The minimum Gasteiger partial charge on any atom is -0.377 e. The number of hydrogen-bond acceptors (Lipinski definition) is 3. The third kappa shape index (κ3) is 6.38. The van der Waals surface area contributed by atoms with Crippen LogP contribution in [0, 0.1) is 5.41 Å². The fourth-order valence-electron chi connectivity index (χ4n) is 3.94. The third-order valence-electron chi connectivity index (χ3n) is 5.42. The lowest BCUT2D eigenvalue weighted by molar-refractivity contribution is -0.143. The smallest absolute Gasteiger partial charge is 0.319 e. The van der Waals surface area contributed by atoms with E-state index in [0.29, 0.717) is 13.1 Å². The van der Waals surface area contributed by atoms with Crippen molar-refractivity contribution in [1.29, 1.82) is 0 Å². The fourth-order valence-corrected chi connectivity index (χ4v) is 3.94. The van der Waals surface area contributed by atoms with E-state index in [0.717, 1.165) is 29.8 Å². The molecule has 0 unspecified atom stereocenters. The summed E-state index contributed by atoms with van der Waals surface area (Å²) < 4.78 is 0. The van der Waals surface area contributed by atoms with Crippen LogP contribution < -0.4 is 15.5 Å². The van der Waals surface area contributed by atoms with Crippen molar-refractivity contribution in [3.8, 4) is 0 Å². The highest BCUT2D eigenvalue weighted by molar-refractivity contribution is 5.89. The fraction of sp³-hybridized carbons (Fsp3) is 0.652. The van der Waals surface area contributed by atoms with E-state index in [2.05, 4.69) is 20.4 Å². The molecule has 29 heavy (non-hydrogen) atoms. The van der Waals surface area contributed by atoms with Crippen LogP contribution in [0.2, 0.25) is 0 Å². The van der Waals surface area contributed by atoms with Gasteiger partial charge in [-0.15, -0.1) is 0 Å². The molecule has 6 heteroatoms. The van der Waals surface area contributed by atoms with E-state index in [1.54, 1.807) is 0 Å². The lowest BCUT2D eigenvalue weighted by Gasteiger charge is -2.39. The van der Waals surface area contributed by atoms with Gasteiger partial charge in [-0.05, 0) is 43.5 Å². The molecule has 2 N–H and O–H groups in total. The molecule has 0 aliphatic heterocycles. The van der Waals surface area contributed by atoms with E-state index >= 15 is 0 Å². The largest absolute Gasteiger partial charge is 0.377 e. The molecule has 0 radical (unpaired) electrons. The maximum Gasteiger partial charge on any atom is 0.319 e. The Bertz CT molecular complexity index is 703. The van der Waals surface area contributed by atoms with Crippen LogP contribution in [0.25, 0.3) is 0 Å². The predicted molar refractivity (Wildman–Crippen MR) is 120 cm³/mol. The predicted octanol–water partition coefficient (Wildman–Crippen LogP) is 4.60. The Morgan fingerprint density at radius 1 is 1.10 bits per heavy atom. The Labute approximate surface area is 176 Å². The van der Waals surface area contributed by atoms with E-state index in [9.17, 15) is 9.59 Å². The number of nitrogens with one attached hydrogen (secondary N) is 2. The molecule has 1 aliphatic rings. The highest BCUT2D eigenvalue weighted by Gasteiger charge is 2.33. The average molecular weight is 403 g/mol. The van der Waals surface area contributed by atoms with Crippen LogP contribution in [0.4, 0.5) is 16.2 Å². The van der Waals surface area contributed by atoms with Gasteiger partial charge >= 0.3 is 6.03 Å². The minimum absolute atomic E-state index is 0.191. The van der Waals surface area contributed by atoms with Gasteiger partial charge in [-0.1, -0.05) is 40.0 Å². The number of rotatable bonds is 6. The van der Waals surface area contributed by atoms with Gasteiger partial charge in [-0.25, -0.2) is 4.79 Å². The molecule has 6 nitrogen and oxygen atoms in total. The first-order chi connectivity index (χ1) is 13.6. The van der Waals surface area contributed by atoms with Crippen LogP contribution in [-0.2, 0) is 11.3 Å². The molecule has 3 amide bonds. The van der Waals surface area contributed by atoms with Gasteiger partial charge in [0, 0.05) is 50.0 Å². The maximum absolute atomic E-state index is 13.3. The Kier molecular flexibility index (Phi) is 7.94. The summed E-state index contributed by atoms with van der Waals surface area (Å²) in [5.41, 5.74) is 2.43. The molecule has 1 aromatic carbocycles. The summed E-state index contributed by atoms with van der Waals surface area (Å²) >= 11 is 0. The number of carbonyl (C=O) groups is 2. The zero-order valence-corrected chi connectivity index (χ0v) is 19.0. The number of carbonyl (C=O) groups excluding carboxylic acids is 2. The molecule has 162 valence electrons. The summed E-state index contributed by atoms with van der Waals surface area (Å²) in [5, 5.41) is 5.65. The summed E-state index contributed by atoms with van der Waals surface area (Å²) in [6.07, 6.45) is 5.74. The molecule has 0 heterocycles. The zero-order chi connectivity index (χ0) is 21.6. The summed E-state index contributed by atoms with van der Waals surface area (Å²) in [6.45, 7) is 8.99. The molecule has 1 fully saturated rings. The lowest BCUT2D eigenvalue weighted by atomic mass is 9.89. The van der Waals surface area contributed by atoms with Crippen LogP contribution in [0.5, 0.6) is 0 Å². The van der Waals surface area contributed by atoms with Gasteiger partial charge in [0.25, 0.3) is 0 Å². The normalized spacial score (nSPS) is 15.0. The van der Waals surface area contributed by atoms with Gasteiger partial charge in [-0.2, -0.15) is 0 Å². The van der Waals surface area contributed by atoms with Crippen LogP contribution in [0.1, 0.15) is 65.4 Å². The van der Waals surface area contributed by atoms with Crippen molar-refractivity contribution in [2.45, 2.75) is 72.4 Å². The van der Waals surface area contributed by atoms with Crippen LogP contribution >= 0.6 is 0 Å². The first-order valence-corrected chi connectivity index (χ1v) is 10.8. The van der Waals surface area contributed by atoms with Crippen LogP contribution in [0.3, 0.4) is 0 Å². The van der Waals surface area contributed by atoms with E-state index in [1.165, 1.54) is 19.3 Å². The van der Waals surface area contributed by atoms with Gasteiger partial charge in [0.1, 0.15) is 0 Å². The van der Waals surface area contributed by atoms with E-state index in [1.807, 2.05) is 60.0 Å². The standard InChI is InChI=1S/C23H38N4O2/c1-7-24-22(29)25-18-13-14-20(26(5)6)17(15-18)16-27(21(28)23(2,3)4)19-11-9-8-10-12-19/h13-15,19H,7-12,16H2,1-6H3,(H2,24,25,29). The van der Waals surface area contributed by atoms with E-state index in [-0.39, 0.29) is 18.0 Å². The van der Waals surface area contributed by atoms with Crippen molar-refractivity contribution in [3.05, 3.63) is 23.8 Å². The van der Waals surface area contributed by atoms with Crippen molar-refractivity contribution >= 4 is 23.3 Å². The Morgan fingerprint density at radius 3 is 2.31 bits per heavy atom. The molecule has 0 saturated heterocycles. The average Bonchev–Trinajstić information content (AvgIpc) is 2.65. The Morgan fingerprint density at radius 2 is 1.76 bits per heavy atom. The van der Waals surface area contributed by atoms with E-state index in [4.69, 9.17) is 0 Å². The second-order valence-electron chi connectivity index (χ2n) is 9.20. The third-order valence-corrected chi connectivity index (χ3v) is 5.42. The van der Waals surface area contributed by atoms with Crippen molar-refractivity contribution in [2.75, 3.05) is 30.9 Å². The lowest BCUT2D eigenvalue weighted by Crippen LogP contribution is -2.46. The molecular weight excluding hydrogens is 364 g/mol. The first-order valence-electron chi connectivity index (χ1n) is 10.8. The number of anilines is 2. The molecule has 1 saturated carbocycles. The second kappa shape index (κ2) is 9.99. The number of nitrogens with zero attached hydrogens (tertiary/aromatic N) is 2. The van der Waals surface area contributed by atoms with Crippen LogP contribution in [0.15, 0.2) is 18.2 Å². The molecule has 1 aliphatic carbocycles. The highest BCUT2D eigenvalue weighted by Crippen LogP contribution is 2.31. The van der Waals surface area contributed by atoms with Gasteiger partial charge < -0.3 is 20.4 Å². The summed E-state index contributed by atoms with van der Waals surface area (Å²) in [5.74, 6) is 0.191. The minimum atomic E-state index is -0.424. The van der Waals surface area contributed by atoms with Gasteiger partial charge in [-0.3, -0.25) is 4.79 Å². The Balaban J connectivity index is 2.36. The summed E-state index contributed by atoms with van der Waals surface area (Å²) in [6, 6.07) is 5.98. The van der Waals surface area contributed by atoms with Crippen molar-refractivity contribution in [2.24, 2.45) is 5.41 Å². The quantitative estimate of drug-likeness (QED) is 0.731. The van der Waals surface area contributed by atoms with Crippen molar-refractivity contribution in [3.63, 3.8) is 0 Å². The number of hydrogen-bond donors (Lipinski definition) is 2. The van der Waals surface area contributed by atoms with Crippen molar-refractivity contribution < 1.29 is 9.59 Å². The van der Waals surface area contributed by atoms with Gasteiger partial charge in [0.2, 0.25) is 5.91 Å². The van der Waals surface area contributed by atoms with Crippen molar-refractivity contribution in [1.82, 2.24) is 10.2 Å². The summed E-state index contributed by atoms with van der Waals surface area (Å²) in [7, 11) is 4.01. The monoisotopic (exact) mass is 402 g/mol. The van der Waals surface area contributed by atoms with Gasteiger partial charge in [0.05, 0.1) is 0 Å². The first kappa shape index (κ1) is 23.0. The molecule has 0 spiro atoms. The summed E-state index contributed by atoms with van der Waals surface area (Å²) in [4.78, 5) is 29.4. The molecule has 0 atom stereocenters. The van der Waals surface area contributed by atoms with E-state index < -0.39 is 5.41 Å². The van der Waals surface area contributed by atoms with Gasteiger partial charge in [0.15, 0.2) is 0 Å². The molecular formula is C23H38N4O2. The maximum atomic E-state index is 13.3. The second-order valence-corrected chi connectivity index (χ2v) is 9.20. The topological polar surface area (TPSA) is 64.7 Å². The number of benzene rings is 1. The Hall–Kier alpha value is -2.24. The SMILES string of the molecule is CCNC(=O)Nc1ccc(N(C)C)c(CN(C(=O)C(C)(C)C)C2CCCCC2)c1.